The maximum absolute atomic E-state index is 13.2. The average Bonchev–Trinajstić information content (AvgIpc) is 2.30. The Labute approximate surface area is 111 Å². The Morgan fingerprint density at radius 2 is 2.11 bits per heavy atom. The monoisotopic (exact) mass is 267 g/mol. The van der Waals surface area contributed by atoms with E-state index < -0.39 is 5.97 Å². The molecule has 0 aliphatic heterocycles. The molecule has 1 aromatic rings. The Balaban J connectivity index is 2.71. The fourth-order valence-electron chi connectivity index (χ4n) is 1.93. The number of carbonyl (C=O) groups excluding carboxylic acids is 1. The predicted octanol–water partition coefficient (Wildman–Crippen LogP) is 2.05. The number of hydrogen-bond acceptors (Lipinski definition) is 2. The Kier molecular flexibility index (Phi) is 5.48. The molecular formula is C14H18FNO3. The van der Waals surface area contributed by atoms with Crippen LogP contribution in [0.2, 0.25) is 0 Å². The summed E-state index contributed by atoms with van der Waals surface area (Å²) in [4.78, 5) is 21.7. The summed E-state index contributed by atoms with van der Waals surface area (Å²) in [6.45, 7) is 3.06. The maximum Gasteiger partial charge on any atom is 0.303 e. The van der Waals surface area contributed by atoms with E-state index in [1.165, 1.54) is 13.0 Å². The van der Waals surface area contributed by atoms with Gasteiger partial charge in [0.1, 0.15) is 5.82 Å². The van der Waals surface area contributed by atoms with E-state index in [9.17, 15) is 14.0 Å². The van der Waals surface area contributed by atoms with E-state index in [1.54, 1.807) is 19.1 Å². The molecule has 1 amide bonds. The summed E-state index contributed by atoms with van der Waals surface area (Å²) in [6, 6.07) is 4.49. The lowest BCUT2D eigenvalue weighted by Gasteiger charge is -2.17. The number of nitrogens with one attached hydrogen (secondary N) is 1. The van der Waals surface area contributed by atoms with Gasteiger partial charge in [-0.2, -0.15) is 0 Å². The van der Waals surface area contributed by atoms with Crippen LogP contribution in [-0.2, 0) is 16.0 Å². The third-order valence-electron chi connectivity index (χ3n) is 2.82. The highest BCUT2D eigenvalue weighted by molar-refractivity contribution is 5.73. The molecular weight excluding hydrogens is 249 g/mol. The first kappa shape index (κ1) is 15.1. The van der Waals surface area contributed by atoms with Gasteiger partial charge < -0.3 is 10.4 Å². The zero-order valence-electron chi connectivity index (χ0n) is 11.1. The molecule has 0 radical (unpaired) electrons. The summed E-state index contributed by atoms with van der Waals surface area (Å²) in [5.74, 6) is -1.37. The minimum Gasteiger partial charge on any atom is -0.481 e. The van der Waals surface area contributed by atoms with Crippen molar-refractivity contribution in [2.45, 2.75) is 39.2 Å². The number of aryl methyl sites for hydroxylation is 1. The Morgan fingerprint density at radius 1 is 1.42 bits per heavy atom. The maximum atomic E-state index is 13.2. The highest BCUT2D eigenvalue weighted by Gasteiger charge is 2.13. The second-order valence-electron chi connectivity index (χ2n) is 4.62. The van der Waals surface area contributed by atoms with Gasteiger partial charge in [0, 0.05) is 19.4 Å². The van der Waals surface area contributed by atoms with Gasteiger partial charge in [0.25, 0.3) is 0 Å². The lowest BCUT2D eigenvalue weighted by atomic mass is 10.00. The molecule has 0 fully saturated rings. The molecule has 2 N–H and O–H groups in total. The molecule has 1 unspecified atom stereocenters. The number of rotatable bonds is 6. The summed E-state index contributed by atoms with van der Waals surface area (Å²) in [5.41, 5.74) is 1.42. The standard InChI is InChI=1S/C14H18FNO3/c1-9-7-11(3-5-13(9)15)8-12(16-10(2)17)4-6-14(18)19/h3,5,7,12H,4,6,8H2,1-2H3,(H,16,17)(H,18,19). The number of benzene rings is 1. The van der Waals surface area contributed by atoms with Crippen LogP contribution < -0.4 is 5.32 Å². The fraction of sp³-hybridized carbons (Fsp3) is 0.429. The van der Waals surface area contributed by atoms with E-state index in [0.29, 0.717) is 18.4 Å². The Hall–Kier alpha value is -1.91. The van der Waals surface area contributed by atoms with Gasteiger partial charge >= 0.3 is 5.97 Å². The van der Waals surface area contributed by atoms with Crippen LogP contribution in [0.5, 0.6) is 0 Å². The molecule has 1 atom stereocenters. The van der Waals surface area contributed by atoms with E-state index in [4.69, 9.17) is 5.11 Å². The summed E-state index contributed by atoms with van der Waals surface area (Å²) >= 11 is 0. The number of carboxylic acid groups (broad SMARTS) is 1. The van der Waals surface area contributed by atoms with Gasteiger partial charge in [-0.15, -0.1) is 0 Å². The molecule has 0 aliphatic carbocycles. The van der Waals surface area contributed by atoms with Crippen LogP contribution in [-0.4, -0.2) is 23.0 Å². The molecule has 5 heteroatoms. The van der Waals surface area contributed by atoms with Crippen molar-refractivity contribution >= 4 is 11.9 Å². The van der Waals surface area contributed by atoms with Gasteiger partial charge in [-0.05, 0) is 37.0 Å². The van der Waals surface area contributed by atoms with Crippen LogP contribution in [0.3, 0.4) is 0 Å². The first-order valence-electron chi connectivity index (χ1n) is 6.12. The molecule has 104 valence electrons. The van der Waals surface area contributed by atoms with E-state index in [-0.39, 0.29) is 24.2 Å². The topological polar surface area (TPSA) is 66.4 Å². The first-order chi connectivity index (χ1) is 8.88. The van der Waals surface area contributed by atoms with Crippen LogP contribution in [0, 0.1) is 12.7 Å². The quantitative estimate of drug-likeness (QED) is 0.829. The third kappa shape index (κ3) is 5.50. The van der Waals surface area contributed by atoms with Crippen molar-refractivity contribution in [2.75, 3.05) is 0 Å². The van der Waals surface area contributed by atoms with E-state index in [0.717, 1.165) is 5.56 Å². The van der Waals surface area contributed by atoms with Gasteiger partial charge in [0.15, 0.2) is 0 Å². The van der Waals surface area contributed by atoms with Crippen molar-refractivity contribution in [1.29, 1.82) is 0 Å². The van der Waals surface area contributed by atoms with Gasteiger partial charge in [-0.3, -0.25) is 9.59 Å². The van der Waals surface area contributed by atoms with Crippen molar-refractivity contribution < 1.29 is 19.1 Å². The van der Waals surface area contributed by atoms with Gasteiger partial charge in [0.05, 0.1) is 0 Å². The number of amides is 1. The molecule has 0 aromatic heterocycles. The lowest BCUT2D eigenvalue weighted by Crippen LogP contribution is -2.35. The second kappa shape index (κ2) is 6.87. The minimum absolute atomic E-state index is 0.00881. The fourth-order valence-corrected chi connectivity index (χ4v) is 1.93. The minimum atomic E-state index is -0.898. The Morgan fingerprint density at radius 3 is 2.63 bits per heavy atom. The van der Waals surface area contributed by atoms with Crippen molar-refractivity contribution in [3.63, 3.8) is 0 Å². The zero-order valence-corrected chi connectivity index (χ0v) is 11.1. The average molecular weight is 267 g/mol. The van der Waals surface area contributed by atoms with E-state index in [1.807, 2.05) is 0 Å². The summed E-state index contributed by atoms with van der Waals surface area (Å²) in [6.07, 6.45) is 0.838. The number of carboxylic acids is 1. The summed E-state index contributed by atoms with van der Waals surface area (Å²) < 4.78 is 13.2. The molecule has 0 saturated carbocycles. The van der Waals surface area contributed by atoms with Crippen LogP contribution >= 0.6 is 0 Å². The van der Waals surface area contributed by atoms with E-state index >= 15 is 0 Å². The van der Waals surface area contributed by atoms with Crippen molar-refractivity contribution in [3.8, 4) is 0 Å². The second-order valence-corrected chi connectivity index (χ2v) is 4.62. The van der Waals surface area contributed by atoms with Crippen LogP contribution in [0.15, 0.2) is 18.2 Å². The van der Waals surface area contributed by atoms with Crippen LogP contribution in [0.1, 0.15) is 30.9 Å². The summed E-state index contributed by atoms with van der Waals surface area (Å²) in [7, 11) is 0. The van der Waals surface area contributed by atoms with Crippen molar-refractivity contribution in [2.24, 2.45) is 0 Å². The Bertz CT molecular complexity index is 474. The lowest BCUT2D eigenvalue weighted by molar-refractivity contribution is -0.137. The molecule has 0 saturated heterocycles. The normalized spacial score (nSPS) is 11.9. The van der Waals surface area contributed by atoms with Gasteiger partial charge in [0.2, 0.25) is 5.91 Å². The molecule has 4 nitrogen and oxygen atoms in total. The van der Waals surface area contributed by atoms with Crippen molar-refractivity contribution in [1.82, 2.24) is 5.32 Å². The molecule has 1 rings (SSSR count). The van der Waals surface area contributed by atoms with Crippen LogP contribution in [0.25, 0.3) is 0 Å². The van der Waals surface area contributed by atoms with Gasteiger partial charge in [-0.25, -0.2) is 4.39 Å². The van der Waals surface area contributed by atoms with Gasteiger partial charge in [-0.1, -0.05) is 12.1 Å². The summed E-state index contributed by atoms with van der Waals surface area (Å²) in [5, 5.41) is 11.4. The predicted molar refractivity (Wildman–Crippen MR) is 69.3 cm³/mol. The third-order valence-corrected chi connectivity index (χ3v) is 2.82. The number of aliphatic carboxylic acids is 1. The number of halogens is 1. The molecule has 0 bridgehead atoms. The number of hydrogen-bond donors (Lipinski definition) is 2. The smallest absolute Gasteiger partial charge is 0.303 e. The highest BCUT2D eigenvalue weighted by Crippen LogP contribution is 2.13. The van der Waals surface area contributed by atoms with E-state index in [2.05, 4.69) is 5.32 Å². The molecule has 0 aliphatic rings. The molecule has 0 heterocycles. The molecule has 19 heavy (non-hydrogen) atoms. The highest BCUT2D eigenvalue weighted by atomic mass is 19.1. The zero-order chi connectivity index (χ0) is 14.4. The van der Waals surface area contributed by atoms with Crippen molar-refractivity contribution in [3.05, 3.63) is 35.1 Å². The van der Waals surface area contributed by atoms with Crippen LogP contribution in [0.4, 0.5) is 4.39 Å². The largest absolute Gasteiger partial charge is 0.481 e. The molecule has 0 spiro atoms. The SMILES string of the molecule is CC(=O)NC(CCC(=O)O)Cc1ccc(F)c(C)c1. The first-order valence-corrected chi connectivity index (χ1v) is 6.12. The molecule has 1 aromatic carbocycles. The number of carbonyl (C=O) groups is 2.